The molecule has 2 atom stereocenters. The molecule has 1 heterocycles. The third-order valence-corrected chi connectivity index (χ3v) is 2.83. The summed E-state index contributed by atoms with van der Waals surface area (Å²) in [4.78, 5) is 24.1. The van der Waals surface area contributed by atoms with Gasteiger partial charge in [-0.15, -0.1) is 0 Å². The molecule has 112 valence electrons. The van der Waals surface area contributed by atoms with Crippen LogP contribution in [0.4, 0.5) is 4.79 Å². The fourth-order valence-electron chi connectivity index (χ4n) is 1.68. The molecule has 0 saturated carbocycles. The summed E-state index contributed by atoms with van der Waals surface area (Å²) in [5.74, 6) is -0.987. The molecule has 20 heavy (non-hydrogen) atoms. The zero-order valence-corrected chi connectivity index (χ0v) is 11.8. The van der Waals surface area contributed by atoms with Gasteiger partial charge in [-0.25, -0.2) is 4.79 Å². The highest BCUT2D eigenvalue weighted by molar-refractivity contribution is 5.76. The van der Waals surface area contributed by atoms with Crippen molar-refractivity contribution in [2.75, 3.05) is 27.3 Å². The number of carbonyl (C=O) groups excluding carboxylic acids is 1. The molecule has 0 bridgehead atoms. The number of ether oxygens (including phenoxy) is 1. The van der Waals surface area contributed by atoms with Gasteiger partial charge in [-0.05, 0) is 12.1 Å². The fraction of sp³-hybridized carbons (Fsp3) is 0.538. The largest absolute Gasteiger partial charge is 0.481 e. The maximum Gasteiger partial charge on any atom is 0.317 e. The molecular formula is C13H20N2O5. The van der Waals surface area contributed by atoms with Crippen molar-refractivity contribution in [3.8, 4) is 0 Å². The maximum atomic E-state index is 12.0. The number of rotatable bonds is 7. The molecular weight excluding hydrogens is 264 g/mol. The third kappa shape index (κ3) is 4.58. The van der Waals surface area contributed by atoms with Crippen molar-refractivity contribution in [2.24, 2.45) is 5.92 Å². The maximum absolute atomic E-state index is 12.0. The Morgan fingerprint density at radius 1 is 1.55 bits per heavy atom. The van der Waals surface area contributed by atoms with E-state index in [0.29, 0.717) is 5.76 Å². The first-order valence-electron chi connectivity index (χ1n) is 6.22. The number of methoxy groups -OCH3 is 1. The Bertz CT molecular complexity index is 432. The van der Waals surface area contributed by atoms with Crippen LogP contribution in [0.15, 0.2) is 22.8 Å². The second-order valence-electron chi connectivity index (χ2n) is 4.59. The monoisotopic (exact) mass is 284 g/mol. The minimum Gasteiger partial charge on any atom is -0.481 e. The third-order valence-electron chi connectivity index (χ3n) is 2.83. The summed E-state index contributed by atoms with van der Waals surface area (Å²) in [6.07, 6.45) is 1.51. The molecule has 2 N–H and O–H groups in total. The predicted octanol–water partition coefficient (Wildman–Crippen LogP) is 1.33. The molecule has 7 heteroatoms. The molecule has 7 nitrogen and oxygen atoms in total. The number of carboxylic acid groups (broad SMARTS) is 1. The quantitative estimate of drug-likeness (QED) is 0.788. The van der Waals surface area contributed by atoms with Crippen LogP contribution in [0, 0.1) is 5.92 Å². The highest BCUT2D eigenvalue weighted by Crippen LogP contribution is 2.14. The topological polar surface area (TPSA) is 92.0 Å². The SMILES string of the molecule is COCC(NC(=O)N(C)CC(C)C(=O)O)c1ccco1. The Hall–Kier alpha value is -2.02. The Labute approximate surface area is 117 Å². The van der Waals surface area contributed by atoms with Crippen LogP contribution in [0.25, 0.3) is 0 Å². The van der Waals surface area contributed by atoms with Gasteiger partial charge in [0.2, 0.25) is 0 Å². The Morgan fingerprint density at radius 2 is 2.25 bits per heavy atom. The van der Waals surface area contributed by atoms with Crippen molar-refractivity contribution >= 4 is 12.0 Å². The zero-order valence-electron chi connectivity index (χ0n) is 11.8. The first-order valence-corrected chi connectivity index (χ1v) is 6.22. The number of hydrogen-bond acceptors (Lipinski definition) is 4. The van der Waals surface area contributed by atoms with E-state index < -0.39 is 17.9 Å². The molecule has 0 spiro atoms. The highest BCUT2D eigenvalue weighted by atomic mass is 16.5. The minimum absolute atomic E-state index is 0.124. The van der Waals surface area contributed by atoms with E-state index >= 15 is 0 Å². The van der Waals surface area contributed by atoms with E-state index in [9.17, 15) is 9.59 Å². The van der Waals surface area contributed by atoms with E-state index in [1.807, 2.05) is 0 Å². The van der Waals surface area contributed by atoms with Gasteiger partial charge < -0.3 is 24.5 Å². The van der Waals surface area contributed by atoms with Crippen molar-refractivity contribution in [2.45, 2.75) is 13.0 Å². The van der Waals surface area contributed by atoms with Crippen LogP contribution < -0.4 is 5.32 Å². The molecule has 1 rings (SSSR count). The van der Waals surface area contributed by atoms with Crippen LogP contribution in [-0.2, 0) is 9.53 Å². The van der Waals surface area contributed by atoms with Gasteiger partial charge in [-0.3, -0.25) is 4.79 Å². The molecule has 0 fully saturated rings. The Kier molecular flexibility index (Phi) is 6.05. The number of urea groups is 1. The second kappa shape index (κ2) is 7.54. The van der Waals surface area contributed by atoms with Crippen LogP contribution in [0.2, 0.25) is 0 Å². The van der Waals surface area contributed by atoms with Crippen LogP contribution >= 0.6 is 0 Å². The minimum atomic E-state index is -0.941. The van der Waals surface area contributed by atoms with Crippen molar-refractivity contribution in [3.63, 3.8) is 0 Å². The van der Waals surface area contributed by atoms with Crippen LogP contribution in [-0.4, -0.2) is 49.3 Å². The van der Waals surface area contributed by atoms with Gasteiger partial charge >= 0.3 is 12.0 Å². The summed E-state index contributed by atoms with van der Waals surface area (Å²) < 4.78 is 10.3. The van der Waals surface area contributed by atoms with Crippen LogP contribution in [0.1, 0.15) is 18.7 Å². The molecule has 2 unspecified atom stereocenters. The van der Waals surface area contributed by atoms with Gasteiger partial charge in [0.05, 0.1) is 18.8 Å². The standard InChI is InChI=1S/C13H20N2O5/c1-9(12(16)17)7-15(2)13(18)14-10(8-19-3)11-5-4-6-20-11/h4-6,9-10H,7-8H2,1-3H3,(H,14,18)(H,16,17). The number of hydrogen-bond donors (Lipinski definition) is 2. The summed E-state index contributed by atoms with van der Waals surface area (Å²) in [6.45, 7) is 1.94. The van der Waals surface area contributed by atoms with Crippen molar-refractivity contribution < 1.29 is 23.8 Å². The predicted molar refractivity (Wildman–Crippen MR) is 71.3 cm³/mol. The van der Waals surface area contributed by atoms with Crippen molar-refractivity contribution in [3.05, 3.63) is 24.2 Å². The highest BCUT2D eigenvalue weighted by Gasteiger charge is 2.21. The zero-order chi connectivity index (χ0) is 15.1. The van der Waals surface area contributed by atoms with Gasteiger partial charge in [0.15, 0.2) is 0 Å². The van der Waals surface area contributed by atoms with E-state index in [-0.39, 0.29) is 19.2 Å². The lowest BCUT2D eigenvalue weighted by Gasteiger charge is -2.23. The van der Waals surface area contributed by atoms with E-state index in [2.05, 4.69) is 5.32 Å². The summed E-state index contributed by atoms with van der Waals surface area (Å²) in [6, 6.07) is 2.67. The van der Waals surface area contributed by atoms with Gasteiger partial charge in [0, 0.05) is 20.7 Å². The summed E-state index contributed by atoms with van der Waals surface area (Å²) in [7, 11) is 3.07. The van der Waals surface area contributed by atoms with Gasteiger partial charge in [-0.1, -0.05) is 6.92 Å². The van der Waals surface area contributed by atoms with E-state index in [1.165, 1.54) is 18.3 Å². The summed E-state index contributed by atoms with van der Waals surface area (Å²) >= 11 is 0. The van der Waals surface area contributed by atoms with E-state index in [1.54, 1.807) is 26.1 Å². The first-order chi connectivity index (χ1) is 9.45. The number of carbonyl (C=O) groups is 2. The first kappa shape index (κ1) is 16.0. The molecule has 1 aromatic heterocycles. The van der Waals surface area contributed by atoms with E-state index in [4.69, 9.17) is 14.3 Å². The molecule has 0 saturated heterocycles. The van der Waals surface area contributed by atoms with Crippen molar-refractivity contribution in [1.29, 1.82) is 0 Å². The molecule has 0 aliphatic heterocycles. The summed E-state index contributed by atoms with van der Waals surface area (Å²) in [5, 5.41) is 11.6. The Morgan fingerprint density at radius 3 is 2.75 bits per heavy atom. The van der Waals surface area contributed by atoms with Crippen LogP contribution in [0.3, 0.4) is 0 Å². The fourth-order valence-corrected chi connectivity index (χ4v) is 1.68. The molecule has 0 radical (unpaired) electrons. The van der Waals surface area contributed by atoms with Crippen LogP contribution in [0.5, 0.6) is 0 Å². The molecule has 2 amide bonds. The second-order valence-corrected chi connectivity index (χ2v) is 4.59. The van der Waals surface area contributed by atoms with Gasteiger partial charge in [-0.2, -0.15) is 0 Å². The molecule has 0 aliphatic rings. The summed E-state index contributed by atoms with van der Waals surface area (Å²) in [5.41, 5.74) is 0. The Balaban J connectivity index is 2.59. The number of nitrogens with zero attached hydrogens (tertiary/aromatic N) is 1. The molecule has 0 aromatic carbocycles. The van der Waals surface area contributed by atoms with E-state index in [0.717, 1.165) is 0 Å². The number of furan rings is 1. The number of nitrogens with one attached hydrogen (secondary N) is 1. The lowest BCUT2D eigenvalue weighted by molar-refractivity contribution is -0.141. The average Bonchev–Trinajstić information content (AvgIpc) is 2.91. The molecule has 0 aliphatic carbocycles. The van der Waals surface area contributed by atoms with Gasteiger partial charge in [0.25, 0.3) is 0 Å². The normalized spacial score (nSPS) is 13.6. The lowest BCUT2D eigenvalue weighted by atomic mass is 10.2. The lowest BCUT2D eigenvalue weighted by Crippen LogP contribution is -2.43. The number of carboxylic acids is 1. The number of aliphatic carboxylic acids is 1. The number of amides is 2. The average molecular weight is 284 g/mol. The van der Waals surface area contributed by atoms with Gasteiger partial charge in [0.1, 0.15) is 11.8 Å². The van der Waals surface area contributed by atoms with Crippen molar-refractivity contribution in [1.82, 2.24) is 10.2 Å². The smallest absolute Gasteiger partial charge is 0.317 e. The molecule has 1 aromatic rings.